The third kappa shape index (κ3) is 5.04. The number of anilines is 1. The molecule has 0 N–H and O–H groups in total. The number of fused-ring (bicyclic) bond motifs is 1. The molecule has 0 aliphatic heterocycles. The molecule has 0 atom stereocenters. The van der Waals surface area contributed by atoms with Crippen LogP contribution >= 0.6 is 11.3 Å². The Balaban J connectivity index is 1.85. The average Bonchev–Trinajstić information content (AvgIpc) is 3.19. The molecule has 4 rings (SSSR count). The molecule has 0 saturated heterocycles. The van der Waals surface area contributed by atoms with Gasteiger partial charge < -0.3 is 0 Å². The lowest BCUT2D eigenvalue weighted by Crippen LogP contribution is -2.31. The summed E-state index contributed by atoms with van der Waals surface area (Å²) >= 11 is 1.11. The second-order valence-electron chi connectivity index (χ2n) is 7.51. The third-order valence-electron chi connectivity index (χ3n) is 4.91. The van der Waals surface area contributed by atoms with Crippen molar-refractivity contribution in [2.75, 3.05) is 4.90 Å². The van der Waals surface area contributed by atoms with E-state index in [0.717, 1.165) is 26.5 Å². The molecular formula is C23H15F6N3OS. The Labute approximate surface area is 193 Å². The second kappa shape index (κ2) is 8.71. The van der Waals surface area contributed by atoms with Crippen LogP contribution in [0.2, 0.25) is 0 Å². The van der Waals surface area contributed by atoms with E-state index in [9.17, 15) is 31.1 Å². The number of aromatic nitrogens is 2. The molecule has 2 aromatic carbocycles. The molecule has 1 amide bonds. The summed E-state index contributed by atoms with van der Waals surface area (Å²) in [4.78, 5) is 22.8. The molecule has 11 heteroatoms. The van der Waals surface area contributed by atoms with Gasteiger partial charge in [0.25, 0.3) is 5.91 Å². The molecule has 4 aromatic rings. The molecule has 0 saturated carbocycles. The molecule has 0 aliphatic rings. The van der Waals surface area contributed by atoms with Gasteiger partial charge in [0, 0.05) is 18.0 Å². The van der Waals surface area contributed by atoms with Gasteiger partial charge in [0.15, 0.2) is 5.13 Å². The van der Waals surface area contributed by atoms with E-state index in [1.54, 1.807) is 18.2 Å². The summed E-state index contributed by atoms with van der Waals surface area (Å²) in [5.74, 6) is -1.05. The van der Waals surface area contributed by atoms with Crippen molar-refractivity contribution in [3.05, 3.63) is 88.7 Å². The smallest absolute Gasteiger partial charge is 0.279 e. The molecule has 0 aliphatic carbocycles. The van der Waals surface area contributed by atoms with E-state index in [0.29, 0.717) is 23.2 Å². The van der Waals surface area contributed by atoms with Crippen molar-refractivity contribution in [1.29, 1.82) is 0 Å². The maximum absolute atomic E-state index is 13.4. The number of carbonyl (C=O) groups excluding carboxylic acids is 1. The summed E-state index contributed by atoms with van der Waals surface area (Å²) in [5.41, 5.74) is -1.87. The number of benzene rings is 2. The highest BCUT2D eigenvalue weighted by molar-refractivity contribution is 7.22. The summed E-state index contributed by atoms with van der Waals surface area (Å²) in [5, 5.41) is 0.139. The average molecular weight is 495 g/mol. The molecular weight excluding hydrogens is 480 g/mol. The highest BCUT2D eigenvalue weighted by Gasteiger charge is 2.38. The molecule has 0 fully saturated rings. The van der Waals surface area contributed by atoms with Crippen molar-refractivity contribution in [2.45, 2.75) is 25.8 Å². The maximum atomic E-state index is 13.4. The SMILES string of the molecule is Cc1ccc2nc(N(Cc3cccnc3)C(=O)c3cc(C(F)(F)F)cc(C(F)(F)F)c3)sc2c1. The number of pyridine rings is 1. The van der Waals surface area contributed by atoms with Crippen molar-refractivity contribution < 1.29 is 31.1 Å². The molecule has 34 heavy (non-hydrogen) atoms. The van der Waals surface area contributed by atoms with Crippen LogP contribution in [0.5, 0.6) is 0 Å². The molecule has 2 aromatic heterocycles. The maximum Gasteiger partial charge on any atom is 0.416 e. The van der Waals surface area contributed by atoms with Crippen LogP contribution in [0, 0.1) is 6.92 Å². The number of hydrogen-bond donors (Lipinski definition) is 0. The monoisotopic (exact) mass is 495 g/mol. The molecule has 0 radical (unpaired) electrons. The first-order valence-electron chi connectivity index (χ1n) is 9.79. The van der Waals surface area contributed by atoms with Crippen LogP contribution < -0.4 is 4.90 Å². The Morgan fingerprint density at radius 2 is 1.65 bits per heavy atom. The Kier molecular flexibility index (Phi) is 6.07. The first-order valence-corrected chi connectivity index (χ1v) is 10.6. The lowest BCUT2D eigenvalue weighted by atomic mass is 10.0. The van der Waals surface area contributed by atoms with Crippen LogP contribution in [0.4, 0.5) is 31.5 Å². The standard InChI is InChI=1S/C23H15F6N3OS/c1-13-4-5-18-19(7-13)34-21(31-18)32(12-14-3-2-6-30-11-14)20(33)15-8-16(22(24,25)26)10-17(9-15)23(27,28)29/h2-11H,12H2,1H3. The van der Waals surface area contributed by atoms with E-state index < -0.39 is 35.0 Å². The van der Waals surface area contributed by atoms with E-state index in [2.05, 4.69) is 9.97 Å². The summed E-state index contributed by atoms with van der Waals surface area (Å²) in [6.07, 6.45) is -7.20. The lowest BCUT2D eigenvalue weighted by molar-refractivity contribution is -0.143. The van der Waals surface area contributed by atoms with Gasteiger partial charge in [-0.25, -0.2) is 4.98 Å². The number of carbonyl (C=O) groups is 1. The van der Waals surface area contributed by atoms with Gasteiger partial charge in [-0.3, -0.25) is 14.7 Å². The third-order valence-corrected chi connectivity index (χ3v) is 5.95. The predicted octanol–water partition coefficient (Wildman–Crippen LogP) is 6.88. The molecule has 0 bridgehead atoms. The van der Waals surface area contributed by atoms with E-state index in [-0.39, 0.29) is 17.7 Å². The van der Waals surface area contributed by atoms with E-state index in [1.807, 2.05) is 19.1 Å². The summed E-state index contributed by atoms with van der Waals surface area (Å²) in [6.45, 7) is 1.71. The van der Waals surface area contributed by atoms with E-state index in [4.69, 9.17) is 0 Å². The van der Waals surface area contributed by atoms with E-state index in [1.165, 1.54) is 12.4 Å². The molecule has 4 nitrogen and oxygen atoms in total. The van der Waals surface area contributed by atoms with Crippen LogP contribution in [-0.2, 0) is 18.9 Å². The molecule has 0 unspecified atom stereocenters. The zero-order chi connectivity index (χ0) is 24.7. The van der Waals surface area contributed by atoms with Crippen molar-refractivity contribution in [3.8, 4) is 0 Å². The van der Waals surface area contributed by atoms with Crippen LogP contribution in [0.15, 0.2) is 60.9 Å². The minimum atomic E-state index is -5.07. The van der Waals surface area contributed by atoms with Crippen LogP contribution in [0.3, 0.4) is 0 Å². The zero-order valence-corrected chi connectivity index (χ0v) is 18.2. The number of rotatable bonds is 4. The topological polar surface area (TPSA) is 46.1 Å². The fourth-order valence-corrected chi connectivity index (χ4v) is 4.33. The minimum absolute atomic E-state index is 0.0112. The number of thiazole rings is 1. The number of alkyl halides is 6. The first-order chi connectivity index (χ1) is 15.9. The lowest BCUT2D eigenvalue weighted by Gasteiger charge is -2.21. The minimum Gasteiger partial charge on any atom is -0.279 e. The quantitative estimate of drug-likeness (QED) is 0.290. The van der Waals surface area contributed by atoms with Crippen LogP contribution in [0.1, 0.15) is 32.6 Å². The van der Waals surface area contributed by atoms with Crippen LogP contribution in [-0.4, -0.2) is 15.9 Å². The summed E-state index contributed by atoms with van der Waals surface area (Å²) in [6, 6.07) is 9.43. The van der Waals surface area contributed by atoms with Gasteiger partial charge in [-0.1, -0.05) is 23.5 Å². The van der Waals surface area contributed by atoms with Crippen molar-refractivity contribution in [3.63, 3.8) is 0 Å². The molecule has 2 heterocycles. The number of halogens is 6. The molecule has 0 spiro atoms. The Morgan fingerprint density at radius 1 is 0.971 bits per heavy atom. The number of nitrogens with zero attached hydrogens (tertiary/aromatic N) is 3. The van der Waals surface area contributed by atoms with Gasteiger partial charge in [0.2, 0.25) is 0 Å². The van der Waals surface area contributed by atoms with Crippen molar-refractivity contribution >= 4 is 32.6 Å². The zero-order valence-electron chi connectivity index (χ0n) is 17.4. The Bertz CT molecular complexity index is 1320. The largest absolute Gasteiger partial charge is 0.416 e. The predicted molar refractivity (Wildman–Crippen MR) is 116 cm³/mol. The first kappa shape index (κ1) is 23.7. The fourth-order valence-electron chi connectivity index (χ4n) is 3.27. The van der Waals surface area contributed by atoms with Gasteiger partial charge in [-0.05, 0) is 54.4 Å². The van der Waals surface area contributed by atoms with Gasteiger partial charge in [-0.15, -0.1) is 0 Å². The number of hydrogen-bond acceptors (Lipinski definition) is 4. The van der Waals surface area contributed by atoms with Gasteiger partial charge in [-0.2, -0.15) is 26.3 Å². The Hall–Kier alpha value is -3.47. The van der Waals surface area contributed by atoms with Gasteiger partial charge in [0.05, 0.1) is 27.9 Å². The highest BCUT2D eigenvalue weighted by Crippen LogP contribution is 2.37. The fraction of sp³-hybridized carbons (Fsp3) is 0.174. The van der Waals surface area contributed by atoms with E-state index >= 15 is 0 Å². The number of amides is 1. The second-order valence-corrected chi connectivity index (χ2v) is 8.52. The van der Waals surface area contributed by atoms with Crippen molar-refractivity contribution in [1.82, 2.24) is 9.97 Å². The summed E-state index contributed by atoms with van der Waals surface area (Å²) < 4.78 is 80.7. The normalized spacial score (nSPS) is 12.2. The summed E-state index contributed by atoms with van der Waals surface area (Å²) in [7, 11) is 0. The highest BCUT2D eigenvalue weighted by atomic mass is 32.1. The molecule has 176 valence electrons. The van der Waals surface area contributed by atoms with Crippen LogP contribution in [0.25, 0.3) is 10.2 Å². The van der Waals surface area contributed by atoms with Gasteiger partial charge in [0.1, 0.15) is 0 Å². The van der Waals surface area contributed by atoms with Gasteiger partial charge >= 0.3 is 12.4 Å². The number of aryl methyl sites for hydroxylation is 1. The Morgan fingerprint density at radius 3 is 2.24 bits per heavy atom. The van der Waals surface area contributed by atoms with Crippen molar-refractivity contribution in [2.24, 2.45) is 0 Å².